The van der Waals surface area contributed by atoms with E-state index in [1.807, 2.05) is 30.3 Å². The van der Waals surface area contributed by atoms with Crippen molar-refractivity contribution in [3.8, 4) is 0 Å². The molecule has 19 heavy (non-hydrogen) atoms. The number of amides is 2. The molecule has 0 radical (unpaired) electrons. The molecule has 3 rings (SSSR count). The lowest BCUT2D eigenvalue weighted by molar-refractivity contribution is -0.125. The van der Waals surface area contributed by atoms with E-state index in [1.165, 1.54) is 4.90 Å². The summed E-state index contributed by atoms with van der Waals surface area (Å²) in [5.41, 5.74) is 7.39. The van der Waals surface area contributed by atoms with E-state index in [9.17, 15) is 9.59 Å². The lowest BCUT2D eigenvalue weighted by Crippen LogP contribution is -2.28. The average Bonchev–Trinajstić information content (AvgIpc) is 2.71. The SMILES string of the molecule is Nc1nc2ccccc2cc1CN1C(=O)CSC1=O. The molecule has 2 amide bonds. The average molecular weight is 273 g/mol. The van der Waals surface area contributed by atoms with Crippen molar-refractivity contribution in [2.24, 2.45) is 0 Å². The molecule has 2 aromatic rings. The fourth-order valence-corrected chi connectivity index (χ4v) is 2.73. The number of nitrogen functional groups attached to an aromatic ring is 1. The maximum absolute atomic E-state index is 11.6. The first kappa shape index (κ1) is 12.0. The van der Waals surface area contributed by atoms with E-state index in [0.717, 1.165) is 22.7 Å². The van der Waals surface area contributed by atoms with Gasteiger partial charge in [0.25, 0.3) is 5.24 Å². The Balaban J connectivity index is 1.98. The van der Waals surface area contributed by atoms with E-state index >= 15 is 0 Å². The van der Waals surface area contributed by atoms with Crippen LogP contribution < -0.4 is 5.73 Å². The van der Waals surface area contributed by atoms with Gasteiger partial charge in [-0.15, -0.1) is 0 Å². The third kappa shape index (κ3) is 2.15. The van der Waals surface area contributed by atoms with Crippen LogP contribution in [0.3, 0.4) is 0 Å². The van der Waals surface area contributed by atoms with E-state index in [0.29, 0.717) is 11.4 Å². The van der Waals surface area contributed by atoms with Crippen molar-refractivity contribution < 1.29 is 9.59 Å². The number of anilines is 1. The smallest absolute Gasteiger partial charge is 0.289 e. The van der Waals surface area contributed by atoms with Crippen molar-refractivity contribution in [2.45, 2.75) is 6.54 Å². The molecule has 5 nitrogen and oxygen atoms in total. The van der Waals surface area contributed by atoms with Crippen molar-refractivity contribution >= 4 is 39.6 Å². The zero-order chi connectivity index (χ0) is 13.4. The first-order valence-electron chi connectivity index (χ1n) is 5.76. The molecule has 2 heterocycles. The minimum atomic E-state index is -0.224. The summed E-state index contributed by atoms with van der Waals surface area (Å²) in [5.74, 6) is 0.387. The molecule has 1 aromatic heterocycles. The number of carbonyl (C=O) groups excluding carboxylic acids is 2. The second-order valence-electron chi connectivity index (χ2n) is 4.26. The van der Waals surface area contributed by atoms with Crippen LogP contribution in [0.2, 0.25) is 0 Å². The highest BCUT2D eigenvalue weighted by atomic mass is 32.2. The van der Waals surface area contributed by atoms with Gasteiger partial charge in [0.1, 0.15) is 5.82 Å². The van der Waals surface area contributed by atoms with Gasteiger partial charge in [0.2, 0.25) is 5.91 Å². The molecule has 0 spiro atoms. The summed E-state index contributed by atoms with van der Waals surface area (Å²) in [6.45, 7) is 0.189. The first-order valence-corrected chi connectivity index (χ1v) is 6.75. The van der Waals surface area contributed by atoms with Gasteiger partial charge in [-0.25, -0.2) is 4.98 Å². The summed E-state index contributed by atoms with van der Waals surface area (Å²) in [7, 11) is 0. The highest BCUT2D eigenvalue weighted by Crippen LogP contribution is 2.24. The topological polar surface area (TPSA) is 76.3 Å². The molecule has 1 saturated heterocycles. The molecule has 0 aliphatic carbocycles. The number of nitrogens with two attached hydrogens (primary N) is 1. The van der Waals surface area contributed by atoms with Crippen molar-refractivity contribution in [1.29, 1.82) is 0 Å². The third-order valence-corrected chi connectivity index (χ3v) is 3.86. The van der Waals surface area contributed by atoms with Gasteiger partial charge < -0.3 is 5.73 Å². The van der Waals surface area contributed by atoms with Gasteiger partial charge in [0.15, 0.2) is 0 Å². The summed E-state index contributed by atoms with van der Waals surface area (Å²) in [6.07, 6.45) is 0. The van der Waals surface area contributed by atoms with Gasteiger partial charge in [-0.2, -0.15) is 0 Å². The number of para-hydroxylation sites is 1. The zero-order valence-corrected chi connectivity index (χ0v) is 10.8. The molecule has 1 aliphatic heterocycles. The molecule has 1 aliphatic rings. The maximum atomic E-state index is 11.6. The predicted octanol–water partition coefficient (Wildman–Crippen LogP) is 2.01. The number of nitrogens with zero attached hydrogens (tertiary/aromatic N) is 2. The number of benzene rings is 1. The molecule has 0 saturated carbocycles. The lowest BCUT2D eigenvalue weighted by atomic mass is 10.1. The van der Waals surface area contributed by atoms with Crippen molar-refractivity contribution in [3.05, 3.63) is 35.9 Å². The number of fused-ring (bicyclic) bond motifs is 1. The number of hydrogen-bond donors (Lipinski definition) is 1. The number of carbonyl (C=O) groups is 2. The molecular formula is C13H11N3O2S. The van der Waals surface area contributed by atoms with E-state index in [-0.39, 0.29) is 23.4 Å². The molecule has 0 unspecified atom stereocenters. The third-order valence-electron chi connectivity index (χ3n) is 3.01. The molecule has 1 aromatic carbocycles. The Morgan fingerprint density at radius 1 is 1.32 bits per heavy atom. The van der Waals surface area contributed by atoms with Crippen LogP contribution in [-0.2, 0) is 11.3 Å². The molecule has 96 valence electrons. The Kier molecular flexibility index (Phi) is 2.87. The Labute approximate surface area is 113 Å². The maximum Gasteiger partial charge on any atom is 0.289 e. The number of rotatable bonds is 2. The first-order chi connectivity index (χ1) is 9.15. The monoisotopic (exact) mass is 273 g/mol. The fraction of sp³-hybridized carbons (Fsp3) is 0.154. The second kappa shape index (κ2) is 4.55. The predicted molar refractivity (Wildman–Crippen MR) is 74.6 cm³/mol. The molecular weight excluding hydrogens is 262 g/mol. The van der Waals surface area contributed by atoms with Gasteiger partial charge in [-0.05, 0) is 12.1 Å². The van der Waals surface area contributed by atoms with Crippen LogP contribution >= 0.6 is 11.8 Å². The van der Waals surface area contributed by atoms with Gasteiger partial charge in [0, 0.05) is 10.9 Å². The molecule has 6 heteroatoms. The van der Waals surface area contributed by atoms with E-state index < -0.39 is 0 Å². The summed E-state index contributed by atoms with van der Waals surface area (Å²) in [5, 5.41) is 0.719. The Morgan fingerprint density at radius 3 is 2.84 bits per heavy atom. The molecule has 2 N–H and O–H groups in total. The van der Waals surface area contributed by atoms with E-state index in [4.69, 9.17) is 5.73 Å². The van der Waals surface area contributed by atoms with Crippen LogP contribution in [0.5, 0.6) is 0 Å². The summed E-state index contributed by atoms with van der Waals surface area (Å²) < 4.78 is 0. The van der Waals surface area contributed by atoms with Crippen molar-refractivity contribution in [3.63, 3.8) is 0 Å². The Bertz CT molecular complexity index is 671. The Morgan fingerprint density at radius 2 is 2.11 bits per heavy atom. The number of aromatic nitrogens is 1. The van der Waals surface area contributed by atoms with Crippen LogP contribution in [0, 0.1) is 0 Å². The Hall–Kier alpha value is -2.08. The largest absolute Gasteiger partial charge is 0.383 e. The van der Waals surface area contributed by atoms with Gasteiger partial charge in [-0.3, -0.25) is 14.5 Å². The highest BCUT2D eigenvalue weighted by molar-refractivity contribution is 8.14. The number of hydrogen-bond acceptors (Lipinski definition) is 5. The molecule has 0 bridgehead atoms. The van der Waals surface area contributed by atoms with Gasteiger partial charge in [-0.1, -0.05) is 30.0 Å². The quantitative estimate of drug-likeness (QED) is 0.905. The minimum absolute atomic E-state index is 0.178. The van der Waals surface area contributed by atoms with E-state index in [2.05, 4.69) is 4.98 Å². The normalized spacial score (nSPS) is 15.5. The summed E-state index contributed by atoms with van der Waals surface area (Å²) in [6, 6.07) is 9.47. The van der Waals surface area contributed by atoms with Crippen LogP contribution in [-0.4, -0.2) is 26.8 Å². The van der Waals surface area contributed by atoms with Gasteiger partial charge >= 0.3 is 0 Å². The van der Waals surface area contributed by atoms with Crippen LogP contribution in [0.25, 0.3) is 10.9 Å². The summed E-state index contributed by atoms with van der Waals surface area (Å²) >= 11 is 1.02. The highest BCUT2D eigenvalue weighted by Gasteiger charge is 2.30. The number of thioether (sulfide) groups is 1. The summed E-state index contributed by atoms with van der Waals surface area (Å²) in [4.78, 5) is 28.7. The van der Waals surface area contributed by atoms with Crippen LogP contribution in [0.4, 0.5) is 10.6 Å². The fourth-order valence-electron chi connectivity index (χ4n) is 2.01. The second-order valence-corrected chi connectivity index (χ2v) is 5.19. The number of imide groups is 1. The zero-order valence-electron chi connectivity index (χ0n) is 10.00. The molecule has 0 atom stereocenters. The van der Waals surface area contributed by atoms with Crippen LogP contribution in [0.1, 0.15) is 5.56 Å². The van der Waals surface area contributed by atoms with Gasteiger partial charge in [0.05, 0.1) is 17.8 Å². The standard InChI is InChI=1S/C13H11N3O2S/c14-12-9(6-16-11(17)7-19-13(16)18)5-8-3-1-2-4-10(8)15-12/h1-5H,6-7H2,(H2,14,15). The minimum Gasteiger partial charge on any atom is -0.383 e. The van der Waals surface area contributed by atoms with Crippen molar-refractivity contribution in [1.82, 2.24) is 9.88 Å². The number of pyridine rings is 1. The van der Waals surface area contributed by atoms with Crippen molar-refractivity contribution in [2.75, 3.05) is 11.5 Å². The van der Waals surface area contributed by atoms with Crippen LogP contribution in [0.15, 0.2) is 30.3 Å². The van der Waals surface area contributed by atoms with E-state index in [1.54, 1.807) is 0 Å². The molecule has 1 fully saturated rings. The lowest BCUT2D eigenvalue weighted by Gasteiger charge is -2.14.